The number of aliphatic hydroxyl groups excluding tert-OH is 1. The number of nitrogens with zero attached hydrogens (tertiary/aromatic N) is 1. The van der Waals surface area contributed by atoms with Crippen molar-refractivity contribution in [1.29, 1.82) is 0 Å². The van der Waals surface area contributed by atoms with Gasteiger partial charge in [0.15, 0.2) is 0 Å². The Bertz CT molecular complexity index is 223. The monoisotopic (exact) mass is 244 g/mol. The topological polar surface area (TPSA) is 58.7 Å². The SMILES string of the molecule is COCCN(C(C)C)C1CCCC(N)(CO)C1. The highest BCUT2D eigenvalue weighted by atomic mass is 16.5. The molecule has 0 spiro atoms. The molecule has 0 aromatic rings. The van der Waals surface area contributed by atoms with Crippen LogP contribution in [0.15, 0.2) is 0 Å². The largest absolute Gasteiger partial charge is 0.394 e. The van der Waals surface area contributed by atoms with Crippen LogP contribution < -0.4 is 5.73 Å². The molecule has 1 fully saturated rings. The van der Waals surface area contributed by atoms with Gasteiger partial charge in [-0.15, -0.1) is 0 Å². The van der Waals surface area contributed by atoms with E-state index in [4.69, 9.17) is 10.5 Å². The summed E-state index contributed by atoms with van der Waals surface area (Å²) in [6.07, 6.45) is 4.13. The van der Waals surface area contributed by atoms with E-state index in [1.807, 2.05) is 0 Å². The molecule has 1 saturated carbocycles. The van der Waals surface area contributed by atoms with Gasteiger partial charge in [-0.25, -0.2) is 0 Å². The van der Waals surface area contributed by atoms with Crippen LogP contribution in [0.5, 0.6) is 0 Å². The van der Waals surface area contributed by atoms with Crippen molar-refractivity contribution in [1.82, 2.24) is 4.90 Å². The van der Waals surface area contributed by atoms with E-state index >= 15 is 0 Å². The minimum atomic E-state index is -0.372. The summed E-state index contributed by atoms with van der Waals surface area (Å²) in [7, 11) is 1.74. The number of ether oxygens (including phenoxy) is 1. The fourth-order valence-corrected chi connectivity index (χ4v) is 2.85. The summed E-state index contributed by atoms with van der Waals surface area (Å²) in [6.45, 7) is 6.22. The Labute approximate surface area is 105 Å². The molecule has 4 nitrogen and oxygen atoms in total. The number of aliphatic hydroxyl groups is 1. The molecule has 0 amide bonds. The molecule has 0 bridgehead atoms. The molecule has 0 aromatic heterocycles. The zero-order chi connectivity index (χ0) is 12.9. The maximum atomic E-state index is 9.40. The molecule has 2 unspecified atom stereocenters. The molecule has 0 heterocycles. The zero-order valence-electron chi connectivity index (χ0n) is 11.5. The minimum Gasteiger partial charge on any atom is -0.394 e. The highest BCUT2D eigenvalue weighted by Crippen LogP contribution is 2.30. The van der Waals surface area contributed by atoms with E-state index in [-0.39, 0.29) is 12.1 Å². The van der Waals surface area contributed by atoms with Crippen LogP contribution in [0.3, 0.4) is 0 Å². The van der Waals surface area contributed by atoms with E-state index in [1.54, 1.807) is 7.11 Å². The molecule has 3 N–H and O–H groups in total. The Hall–Kier alpha value is -0.160. The van der Waals surface area contributed by atoms with Gasteiger partial charge in [0.2, 0.25) is 0 Å². The quantitative estimate of drug-likeness (QED) is 0.731. The van der Waals surface area contributed by atoms with Crippen LogP contribution in [-0.4, -0.2) is 54.5 Å². The molecular formula is C13H28N2O2. The highest BCUT2D eigenvalue weighted by molar-refractivity contribution is 4.94. The molecule has 0 aliphatic heterocycles. The molecule has 1 rings (SSSR count). The number of hydrogen-bond acceptors (Lipinski definition) is 4. The Morgan fingerprint density at radius 2 is 2.24 bits per heavy atom. The van der Waals surface area contributed by atoms with Crippen molar-refractivity contribution in [2.45, 2.75) is 57.2 Å². The zero-order valence-corrected chi connectivity index (χ0v) is 11.5. The summed E-state index contributed by atoms with van der Waals surface area (Å²) in [4.78, 5) is 2.46. The van der Waals surface area contributed by atoms with E-state index in [0.717, 1.165) is 32.4 Å². The molecular weight excluding hydrogens is 216 g/mol. The Kier molecular flexibility index (Phi) is 5.86. The van der Waals surface area contributed by atoms with E-state index < -0.39 is 0 Å². The Morgan fingerprint density at radius 1 is 1.53 bits per heavy atom. The summed E-state index contributed by atoms with van der Waals surface area (Å²) in [5.74, 6) is 0. The van der Waals surface area contributed by atoms with Gasteiger partial charge in [-0.1, -0.05) is 0 Å². The average molecular weight is 244 g/mol. The van der Waals surface area contributed by atoms with Crippen LogP contribution in [0, 0.1) is 0 Å². The van der Waals surface area contributed by atoms with Crippen LogP contribution >= 0.6 is 0 Å². The van der Waals surface area contributed by atoms with Gasteiger partial charge in [-0.2, -0.15) is 0 Å². The smallest absolute Gasteiger partial charge is 0.0611 e. The lowest BCUT2D eigenvalue weighted by atomic mass is 9.79. The van der Waals surface area contributed by atoms with Crippen molar-refractivity contribution in [3.8, 4) is 0 Å². The number of methoxy groups -OCH3 is 1. The second-order valence-electron chi connectivity index (χ2n) is 5.60. The number of hydrogen-bond donors (Lipinski definition) is 2. The second-order valence-corrected chi connectivity index (χ2v) is 5.60. The van der Waals surface area contributed by atoms with E-state index in [0.29, 0.717) is 12.1 Å². The van der Waals surface area contributed by atoms with Gasteiger partial charge in [0.25, 0.3) is 0 Å². The molecule has 4 heteroatoms. The summed E-state index contributed by atoms with van der Waals surface area (Å²) in [6, 6.07) is 0.979. The lowest BCUT2D eigenvalue weighted by molar-refractivity contribution is 0.0444. The first-order valence-corrected chi connectivity index (χ1v) is 6.67. The van der Waals surface area contributed by atoms with Gasteiger partial charge in [0.05, 0.1) is 13.2 Å². The summed E-state index contributed by atoms with van der Waals surface area (Å²) in [5.41, 5.74) is 5.84. The lowest BCUT2D eigenvalue weighted by Gasteiger charge is -2.43. The molecule has 0 aromatic carbocycles. The predicted octanol–water partition coefficient (Wildman–Crippen LogP) is 0.976. The van der Waals surface area contributed by atoms with Gasteiger partial charge in [-0.3, -0.25) is 4.90 Å². The van der Waals surface area contributed by atoms with Crippen molar-refractivity contribution in [3.05, 3.63) is 0 Å². The minimum absolute atomic E-state index is 0.0969. The van der Waals surface area contributed by atoms with Crippen LogP contribution in [0.2, 0.25) is 0 Å². The molecule has 1 aliphatic rings. The maximum absolute atomic E-state index is 9.40. The van der Waals surface area contributed by atoms with Crippen LogP contribution in [0.25, 0.3) is 0 Å². The van der Waals surface area contributed by atoms with Crippen molar-refractivity contribution in [2.75, 3.05) is 26.9 Å². The van der Waals surface area contributed by atoms with Gasteiger partial charge in [-0.05, 0) is 39.5 Å². The highest BCUT2D eigenvalue weighted by Gasteiger charge is 2.35. The third-order valence-corrected chi connectivity index (χ3v) is 3.85. The summed E-state index contributed by atoms with van der Waals surface area (Å²) >= 11 is 0. The van der Waals surface area contributed by atoms with Crippen molar-refractivity contribution in [2.24, 2.45) is 5.73 Å². The van der Waals surface area contributed by atoms with Crippen LogP contribution in [-0.2, 0) is 4.74 Å². The normalized spacial score (nSPS) is 30.2. The van der Waals surface area contributed by atoms with Crippen molar-refractivity contribution in [3.63, 3.8) is 0 Å². The molecule has 2 atom stereocenters. The maximum Gasteiger partial charge on any atom is 0.0611 e. The van der Waals surface area contributed by atoms with Gasteiger partial charge >= 0.3 is 0 Å². The average Bonchev–Trinajstić information content (AvgIpc) is 2.29. The van der Waals surface area contributed by atoms with Gasteiger partial charge < -0.3 is 15.6 Å². The van der Waals surface area contributed by atoms with Crippen molar-refractivity contribution >= 4 is 0 Å². The molecule has 17 heavy (non-hydrogen) atoms. The second kappa shape index (κ2) is 6.69. The standard InChI is InChI=1S/C13H28N2O2/c1-11(2)15(7-8-17-3)12-5-4-6-13(14,9-12)10-16/h11-12,16H,4-10,14H2,1-3H3. The number of nitrogens with two attached hydrogens (primary N) is 1. The predicted molar refractivity (Wildman–Crippen MR) is 70.0 cm³/mol. The van der Waals surface area contributed by atoms with Gasteiger partial charge in [0, 0.05) is 31.3 Å². The first kappa shape index (κ1) is 14.9. The molecule has 0 radical (unpaired) electrons. The van der Waals surface area contributed by atoms with E-state index in [2.05, 4.69) is 18.7 Å². The first-order valence-electron chi connectivity index (χ1n) is 6.67. The third-order valence-electron chi connectivity index (χ3n) is 3.85. The van der Waals surface area contributed by atoms with Crippen molar-refractivity contribution < 1.29 is 9.84 Å². The van der Waals surface area contributed by atoms with E-state index in [1.165, 1.54) is 6.42 Å². The van der Waals surface area contributed by atoms with Crippen LogP contribution in [0.4, 0.5) is 0 Å². The fourth-order valence-electron chi connectivity index (χ4n) is 2.85. The number of rotatable bonds is 6. The summed E-state index contributed by atoms with van der Waals surface area (Å²) in [5, 5.41) is 9.40. The Morgan fingerprint density at radius 3 is 2.76 bits per heavy atom. The van der Waals surface area contributed by atoms with E-state index in [9.17, 15) is 5.11 Å². The molecule has 1 aliphatic carbocycles. The lowest BCUT2D eigenvalue weighted by Crippen LogP contribution is -2.54. The van der Waals surface area contributed by atoms with Crippen LogP contribution in [0.1, 0.15) is 39.5 Å². The fraction of sp³-hybridized carbons (Fsp3) is 1.00. The molecule has 102 valence electrons. The third kappa shape index (κ3) is 4.21. The first-order chi connectivity index (χ1) is 8.02. The summed E-state index contributed by atoms with van der Waals surface area (Å²) < 4.78 is 5.17. The Balaban J connectivity index is 2.60. The molecule has 0 saturated heterocycles. The van der Waals surface area contributed by atoms with Gasteiger partial charge in [0.1, 0.15) is 0 Å².